The van der Waals surface area contributed by atoms with Gasteiger partial charge in [-0.25, -0.2) is 0 Å². The Morgan fingerprint density at radius 2 is 1.85 bits per heavy atom. The molecule has 1 aromatic carbocycles. The first-order chi connectivity index (χ1) is 9.32. The summed E-state index contributed by atoms with van der Waals surface area (Å²) >= 11 is 11.9. The molecule has 7 heteroatoms. The van der Waals surface area contributed by atoms with E-state index >= 15 is 0 Å². The summed E-state index contributed by atoms with van der Waals surface area (Å²) in [5, 5.41) is 0.716. The average Bonchev–Trinajstić information content (AvgIpc) is 2.40. The molecule has 20 heavy (non-hydrogen) atoms. The highest BCUT2D eigenvalue weighted by Gasteiger charge is 2.32. The molecule has 0 saturated carbocycles. The molecular weight excluding hydrogens is 314 g/mol. The molecule has 1 aromatic heterocycles. The lowest BCUT2D eigenvalue weighted by atomic mass is 10.1. The standard InChI is InChI=1S/C13H8Cl2F3NO/c1-20-11-4-7(13(16,17)18)6-19-12(11)9-5-8(14)2-3-10(9)15/h2-6H,1H3. The second kappa shape index (κ2) is 5.50. The summed E-state index contributed by atoms with van der Waals surface area (Å²) in [6.45, 7) is 0. The Morgan fingerprint density at radius 1 is 1.15 bits per heavy atom. The van der Waals surface area contributed by atoms with Crippen LogP contribution in [0.25, 0.3) is 11.3 Å². The van der Waals surface area contributed by atoms with Gasteiger partial charge < -0.3 is 4.74 Å². The van der Waals surface area contributed by atoms with Gasteiger partial charge in [-0.15, -0.1) is 0 Å². The topological polar surface area (TPSA) is 22.1 Å². The summed E-state index contributed by atoms with van der Waals surface area (Å²) in [7, 11) is 1.26. The van der Waals surface area contributed by atoms with Crippen molar-refractivity contribution in [1.82, 2.24) is 4.98 Å². The largest absolute Gasteiger partial charge is 0.494 e. The number of nitrogens with zero attached hydrogens (tertiary/aromatic N) is 1. The van der Waals surface area contributed by atoms with Gasteiger partial charge in [-0.2, -0.15) is 13.2 Å². The van der Waals surface area contributed by atoms with Gasteiger partial charge in [-0.1, -0.05) is 23.2 Å². The first kappa shape index (κ1) is 14.9. The van der Waals surface area contributed by atoms with Gasteiger partial charge in [0.15, 0.2) is 0 Å². The Labute approximate surface area is 123 Å². The van der Waals surface area contributed by atoms with E-state index in [0.29, 0.717) is 15.6 Å². The summed E-state index contributed by atoms with van der Waals surface area (Å²) in [4.78, 5) is 3.80. The summed E-state index contributed by atoms with van der Waals surface area (Å²) in [6.07, 6.45) is -3.76. The molecule has 106 valence electrons. The van der Waals surface area contributed by atoms with E-state index < -0.39 is 11.7 Å². The molecule has 2 aromatic rings. The third-order valence-electron chi connectivity index (χ3n) is 2.58. The van der Waals surface area contributed by atoms with Crippen molar-refractivity contribution in [1.29, 1.82) is 0 Å². The third-order valence-corrected chi connectivity index (χ3v) is 3.15. The SMILES string of the molecule is COc1cc(C(F)(F)F)cnc1-c1cc(Cl)ccc1Cl. The fourth-order valence-corrected chi connectivity index (χ4v) is 2.02. The van der Waals surface area contributed by atoms with E-state index in [1.807, 2.05) is 0 Å². The van der Waals surface area contributed by atoms with E-state index in [1.54, 1.807) is 6.07 Å². The second-order valence-corrected chi connectivity index (χ2v) is 4.74. The Morgan fingerprint density at radius 3 is 2.45 bits per heavy atom. The van der Waals surface area contributed by atoms with Gasteiger partial charge in [0.05, 0.1) is 17.7 Å². The zero-order chi connectivity index (χ0) is 14.9. The van der Waals surface area contributed by atoms with Crippen LogP contribution in [-0.2, 0) is 6.18 Å². The molecule has 0 bridgehead atoms. The summed E-state index contributed by atoms with van der Waals surface area (Å²) < 4.78 is 42.9. The number of rotatable bonds is 2. The normalized spacial score (nSPS) is 11.5. The minimum atomic E-state index is -4.49. The molecule has 2 nitrogen and oxygen atoms in total. The Balaban J connectivity index is 2.60. The van der Waals surface area contributed by atoms with Gasteiger partial charge >= 0.3 is 6.18 Å². The van der Waals surface area contributed by atoms with Crippen molar-refractivity contribution in [3.8, 4) is 17.0 Å². The number of benzene rings is 1. The van der Waals surface area contributed by atoms with Crippen LogP contribution in [0.5, 0.6) is 5.75 Å². The highest BCUT2D eigenvalue weighted by atomic mass is 35.5. The lowest BCUT2D eigenvalue weighted by Crippen LogP contribution is -2.06. The predicted molar refractivity (Wildman–Crippen MR) is 71.2 cm³/mol. The molecule has 0 unspecified atom stereocenters. The van der Waals surface area contributed by atoms with Gasteiger partial charge in [0.1, 0.15) is 11.4 Å². The molecule has 0 fully saturated rings. The van der Waals surface area contributed by atoms with Gasteiger partial charge in [-0.05, 0) is 24.3 Å². The number of methoxy groups -OCH3 is 1. The van der Waals surface area contributed by atoms with Crippen molar-refractivity contribution >= 4 is 23.2 Å². The van der Waals surface area contributed by atoms with Crippen molar-refractivity contribution in [3.05, 3.63) is 46.1 Å². The fourth-order valence-electron chi connectivity index (χ4n) is 1.64. The summed E-state index contributed by atoms with van der Waals surface area (Å²) in [6, 6.07) is 5.50. The lowest BCUT2D eigenvalue weighted by molar-refractivity contribution is -0.137. The zero-order valence-corrected chi connectivity index (χ0v) is 11.6. The van der Waals surface area contributed by atoms with Crippen LogP contribution in [0.3, 0.4) is 0 Å². The molecule has 2 rings (SSSR count). The molecule has 0 saturated heterocycles. The number of pyridine rings is 1. The number of aromatic nitrogens is 1. The van der Waals surface area contributed by atoms with Crippen LogP contribution in [-0.4, -0.2) is 12.1 Å². The maximum atomic E-state index is 12.6. The highest BCUT2D eigenvalue weighted by molar-refractivity contribution is 6.35. The maximum Gasteiger partial charge on any atom is 0.418 e. The van der Waals surface area contributed by atoms with Crippen LogP contribution < -0.4 is 4.74 Å². The van der Waals surface area contributed by atoms with E-state index in [9.17, 15) is 13.2 Å². The molecule has 0 aliphatic heterocycles. The second-order valence-electron chi connectivity index (χ2n) is 3.90. The smallest absolute Gasteiger partial charge is 0.418 e. The van der Waals surface area contributed by atoms with Crippen LogP contribution >= 0.6 is 23.2 Å². The van der Waals surface area contributed by atoms with Crippen molar-refractivity contribution in [2.75, 3.05) is 7.11 Å². The van der Waals surface area contributed by atoms with Crippen molar-refractivity contribution in [3.63, 3.8) is 0 Å². The minimum absolute atomic E-state index is 0.0241. The minimum Gasteiger partial charge on any atom is -0.494 e. The fraction of sp³-hybridized carbons (Fsp3) is 0.154. The van der Waals surface area contributed by atoms with Gasteiger partial charge in [0, 0.05) is 16.8 Å². The van der Waals surface area contributed by atoms with E-state index in [1.165, 1.54) is 19.2 Å². The van der Waals surface area contributed by atoms with E-state index in [0.717, 1.165) is 12.3 Å². The molecule has 1 heterocycles. The van der Waals surface area contributed by atoms with E-state index in [4.69, 9.17) is 27.9 Å². The molecule has 0 spiro atoms. The van der Waals surface area contributed by atoms with E-state index in [2.05, 4.69) is 4.98 Å². The van der Waals surface area contributed by atoms with Crippen LogP contribution in [0, 0.1) is 0 Å². The Hall–Kier alpha value is -1.46. The molecule has 0 atom stereocenters. The van der Waals surface area contributed by atoms with Crippen molar-refractivity contribution < 1.29 is 17.9 Å². The molecule has 0 amide bonds. The lowest BCUT2D eigenvalue weighted by Gasteiger charge is -2.13. The van der Waals surface area contributed by atoms with Gasteiger partial charge in [-0.3, -0.25) is 4.98 Å². The quantitative estimate of drug-likeness (QED) is 0.769. The highest BCUT2D eigenvalue weighted by Crippen LogP contribution is 2.38. The van der Waals surface area contributed by atoms with Crippen LogP contribution in [0.2, 0.25) is 10.0 Å². The number of hydrogen-bond acceptors (Lipinski definition) is 2. The average molecular weight is 322 g/mol. The van der Waals surface area contributed by atoms with Gasteiger partial charge in [0.2, 0.25) is 0 Å². The van der Waals surface area contributed by atoms with Crippen LogP contribution in [0.15, 0.2) is 30.5 Å². The van der Waals surface area contributed by atoms with E-state index in [-0.39, 0.29) is 11.4 Å². The first-order valence-corrected chi connectivity index (χ1v) is 6.15. The van der Waals surface area contributed by atoms with Crippen LogP contribution in [0.1, 0.15) is 5.56 Å². The molecule has 0 aliphatic carbocycles. The molecule has 0 N–H and O–H groups in total. The summed E-state index contributed by atoms with van der Waals surface area (Å²) in [5.74, 6) is -0.0241. The Bertz CT molecular complexity index is 644. The van der Waals surface area contributed by atoms with Crippen LogP contribution in [0.4, 0.5) is 13.2 Å². The third kappa shape index (κ3) is 2.99. The molecular formula is C13H8Cl2F3NO. The van der Waals surface area contributed by atoms with Crippen molar-refractivity contribution in [2.45, 2.75) is 6.18 Å². The summed E-state index contributed by atoms with van der Waals surface area (Å²) in [5.41, 5.74) is -0.283. The number of alkyl halides is 3. The molecule has 0 radical (unpaired) electrons. The number of ether oxygens (including phenoxy) is 1. The monoisotopic (exact) mass is 321 g/mol. The zero-order valence-electron chi connectivity index (χ0n) is 10.1. The predicted octanol–water partition coefficient (Wildman–Crippen LogP) is 5.08. The maximum absolute atomic E-state index is 12.6. The number of halogens is 5. The van der Waals surface area contributed by atoms with Crippen molar-refractivity contribution in [2.24, 2.45) is 0 Å². The Kier molecular flexibility index (Phi) is 4.11. The molecule has 0 aliphatic rings. The number of hydrogen-bond donors (Lipinski definition) is 0. The first-order valence-electron chi connectivity index (χ1n) is 5.39. The van der Waals surface area contributed by atoms with Gasteiger partial charge in [0.25, 0.3) is 0 Å².